The van der Waals surface area contributed by atoms with Crippen LogP contribution in [0.2, 0.25) is 0 Å². The Balaban J connectivity index is 1.33. The summed E-state index contributed by atoms with van der Waals surface area (Å²) < 4.78 is 0. The number of aromatic nitrogens is 3. The van der Waals surface area contributed by atoms with Crippen molar-refractivity contribution in [3.63, 3.8) is 0 Å². The van der Waals surface area contributed by atoms with Crippen LogP contribution in [-0.4, -0.2) is 20.9 Å². The molecule has 5 heteroatoms. The van der Waals surface area contributed by atoms with Gasteiger partial charge in [-0.05, 0) is 62.1 Å². The van der Waals surface area contributed by atoms with E-state index in [1.165, 1.54) is 5.56 Å². The predicted molar refractivity (Wildman–Crippen MR) is 124 cm³/mol. The first-order valence-corrected chi connectivity index (χ1v) is 10.9. The van der Waals surface area contributed by atoms with Crippen molar-refractivity contribution in [3.05, 3.63) is 77.9 Å². The van der Waals surface area contributed by atoms with E-state index in [1.807, 2.05) is 43.6 Å². The van der Waals surface area contributed by atoms with E-state index in [2.05, 4.69) is 51.5 Å². The summed E-state index contributed by atoms with van der Waals surface area (Å²) in [4.78, 5) is 25.5. The third-order valence-corrected chi connectivity index (χ3v) is 6.39. The summed E-state index contributed by atoms with van der Waals surface area (Å²) in [5.74, 6) is 0.787. The number of anilines is 1. The molecular formula is C26H26N4O. The van der Waals surface area contributed by atoms with Crippen molar-refractivity contribution < 1.29 is 4.79 Å². The number of benzene rings is 1. The number of carbonyl (C=O) groups excluding carboxylic acids is 1. The molecule has 2 N–H and O–H groups in total. The van der Waals surface area contributed by atoms with Crippen LogP contribution < -0.4 is 5.32 Å². The Bertz CT molecular complexity index is 1240. The average Bonchev–Trinajstić information content (AvgIpc) is 3.41. The van der Waals surface area contributed by atoms with E-state index in [0.29, 0.717) is 5.82 Å². The highest BCUT2D eigenvalue weighted by Crippen LogP contribution is 2.40. The SMILES string of the molecule is Cc1cc2cc(C3CCCC3C(=O)Nc3ccc(-c4ccccc4C)cn3)[nH]c2cn1. The molecule has 4 aromatic rings. The van der Waals surface area contributed by atoms with Crippen molar-refractivity contribution in [1.82, 2.24) is 15.0 Å². The summed E-state index contributed by atoms with van der Waals surface area (Å²) in [6.07, 6.45) is 6.66. The minimum absolute atomic E-state index is 0.0478. The number of fused-ring (bicyclic) bond motifs is 1. The third-order valence-electron chi connectivity index (χ3n) is 6.39. The van der Waals surface area contributed by atoms with E-state index in [-0.39, 0.29) is 17.7 Å². The largest absolute Gasteiger partial charge is 0.357 e. The number of H-pyrrole nitrogens is 1. The fourth-order valence-electron chi connectivity index (χ4n) is 4.75. The van der Waals surface area contributed by atoms with Gasteiger partial charge in [0.2, 0.25) is 5.91 Å². The molecule has 1 saturated carbocycles. The quantitative estimate of drug-likeness (QED) is 0.449. The number of hydrogen-bond acceptors (Lipinski definition) is 3. The lowest BCUT2D eigenvalue weighted by atomic mass is 9.92. The molecule has 5 rings (SSSR count). The monoisotopic (exact) mass is 410 g/mol. The van der Waals surface area contributed by atoms with Gasteiger partial charge in [-0.1, -0.05) is 30.7 Å². The maximum Gasteiger partial charge on any atom is 0.229 e. The van der Waals surface area contributed by atoms with Crippen molar-refractivity contribution in [2.75, 3.05) is 5.32 Å². The number of amides is 1. The second-order valence-corrected chi connectivity index (χ2v) is 8.52. The molecule has 1 aliphatic carbocycles. The zero-order chi connectivity index (χ0) is 21.4. The number of pyridine rings is 2. The van der Waals surface area contributed by atoms with Crippen molar-refractivity contribution in [3.8, 4) is 11.1 Å². The van der Waals surface area contributed by atoms with Crippen LogP contribution in [0.5, 0.6) is 0 Å². The van der Waals surface area contributed by atoms with Crippen molar-refractivity contribution in [2.24, 2.45) is 5.92 Å². The van der Waals surface area contributed by atoms with Gasteiger partial charge in [0, 0.05) is 40.4 Å². The molecule has 1 fully saturated rings. The fourth-order valence-corrected chi connectivity index (χ4v) is 4.75. The van der Waals surface area contributed by atoms with Crippen LogP contribution in [0.1, 0.15) is 42.1 Å². The summed E-state index contributed by atoms with van der Waals surface area (Å²) in [5, 5.41) is 4.20. The van der Waals surface area contributed by atoms with Gasteiger partial charge in [0.15, 0.2) is 0 Å². The molecule has 0 bridgehead atoms. The molecule has 156 valence electrons. The molecule has 3 aromatic heterocycles. The van der Waals surface area contributed by atoms with Crippen LogP contribution >= 0.6 is 0 Å². The fraction of sp³-hybridized carbons (Fsp3) is 0.269. The van der Waals surface area contributed by atoms with E-state index in [0.717, 1.165) is 52.7 Å². The van der Waals surface area contributed by atoms with Gasteiger partial charge >= 0.3 is 0 Å². The Labute approximate surface area is 182 Å². The average molecular weight is 411 g/mol. The molecule has 31 heavy (non-hydrogen) atoms. The first kappa shape index (κ1) is 19.5. The zero-order valence-corrected chi connectivity index (χ0v) is 17.9. The predicted octanol–water partition coefficient (Wildman–Crippen LogP) is 5.76. The van der Waals surface area contributed by atoms with Gasteiger partial charge in [0.25, 0.3) is 0 Å². The number of carbonyl (C=O) groups is 1. The van der Waals surface area contributed by atoms with Crippen LogP contribution in [0.4, 0.5) is 5.82 Å². The molecule has 0 spiro atoms. The summed E-state index contributed by atoms with van der Waals surface area (Å²) in [7, 11) is 0. The minimum atomic E-state index is -0.0556. The number of rotatable bonds is 4. The second kappa shape index (κ2) is 7.99. The number of hydrogen-bond donors (Lipinski definition) is 2. The van der Waals surface area contributed by atoms with Gasteiger partial charge in [-0.15, -0.1) is 0 Å². The Morgan fingerprint density at radius 3 is 2.71 bits per heavy atom. The molecule has 1 aliphatic rings. The van der Waals surface area contributed by atoms with Crippen LogP contribution in [-0.2, 0) is 4.79 Å². The molecule has 1 aromatic carbocycles. The van der Waals surface area contributed by atoms with Crippen LogP contribution in [0.25, 0.3) is 22.0 Å². The molecule has 2 unspecified atom stereocenters. The highest BCUT2D eigenvalue weighted by atomic mass is 16.2. The first-order chi connectivity index (χ1) is 15.1. The van der Waals surface area contributed by atoms with Gasteiger partial charge in [-0.2, -0.15) is 0 Å². The number of aromatic amines is 1. The summed E-state index contributed by atoms with van der Waals surface area (Å²) >= 11 is 0. The highest BCUT2D eigenvalue weighted by Gasteiger charge is 2.35. The summed E-state index contributed by atoms with van der Waals surface area (Å²) in [6, 6.07) is 16.4. The Morgan fingerprint density at radius 1 is 1.03 bits per heavy atom. The van der Waals surface area contributed by atoms with Gasteiger partial charge in [0.1, 0.15) is 5.82 Å². The molecule has 0 aliphatic heterocycles. The van der Waals surface area contributed by atoms with Gasteiger partial charge in [-0.25, -0.2) is 4.98 Å². The second-order valence-electron chi connectivity index (χ2n) is 8.52. The number of aryl methyl sites for hydroxylation is 2. The first-order valence-electron chi connectivity index (χ1n) is 10.9. The third kappa shape index (κ3) is 3.83. The number of nitrogens with zero attached hydrogens (tertiary/aromatic N) is 2. The minimum Gasteiger partial charge on any atom is -0.357 e. The van der Waals surface area contributed by atoms with E-state index in [4.69, 9.17) is 0 Å². The summed E-state index contributed by atoms with van der Waals surface area (Å²) in [6.45, 7) is 4.09. The molecule has 5 nitrogen and oxygen atoms in total. The normalized spacial score (nSPS) is 18.4. The van der Waals surface area contributed by atoms with Crippen molar-refractivity contribution in [2.45, 2.75) is 39.0 Å². The van der Waals surface area contributed by atoms with Crippen LogP contribution in [0.3, 0.4) is 0 Å². The standard InChI is InChI=1S/C26H26N4O/c1-16-6-3-4-7-20(16)18-10-11-25(28-14-18)30-26(31)22-9-5-8-21(22)23-13-19-12-17(2)27-15-24(19)29-23/h3-4,6-7,10-15,21-22,29H,5,8-9H2,1-2H3,(H,28,30,31). The molecule has 0 radical (unpaired) electrons. The lowest BCUT2D eigenvalue weighted by Gasteiger charge is -2.18. The topological polar surface area (TPSA) is 70.7 Å². The van der Waals surface area contributed by atoms with Crippen molar-refractivity contribution >= 4 is 22.6 Å². The smallest absolute Gasteiger partial charge is 0.229 e. The lowest BCUT2D eigenvalue weighted by Crippen LogP contribution is -2.25. The molecule has 2 atom stereocenters. The lowest BCUT2D eigenvalue weighted by molar-refractivity contribution is -0.120. The van der Waals surface area contributed by atoms with E-state index in [1.54, 1.807) is 0 Å². The molecule has 1 amide bonds. The Kier molecular flexibility index (Phi) is 5.02. The van der Waals surface area contributed by atoms with E-state index >= 15 is 0 Å². The van der Waals surface area contributed by atoms with Crippen LogP contribution in [0.15, 0.2) is 60.9 Å². The maximum absolute atomic E-state index is 13.1. The molecule has 0 saturated heterocycles. The number of nitrogens with one attached hydrogen (secondary N) is 2. The van der Waals surface area contributed by atoms with E-state index < -0.39 is 0 Å². The van der Waals surface area contributed by atoms with Crippen molar-refractivity contribution in [1.29, 1.82) is 0 Å². The Morgan fingerprint density at radius 2 is 1.90 bits per heavy atom. The van der Waals surface area contributed by atoms with E-state index in [9.17, 15) is 4.79 Å². The maximum atomic E-state index is 13.1. The Hall–Kier alpha value is -3.47. The summed E-state index contributed by atoms with van der Waals surface area (Å²) in [5.41, 5.74) is 6.57. The van der Waals surface area contributed by atoms with Crippen LogP contribution in [0, 0.1) is 19.8 Å². The van der Waals surface area contributed by atoms with Gasteiger partial charge in [0.05, 0.1) is 11.7 Å². The zero-order valence-electron chi connectivity index (χ0n) is 17.9. The molecular weight excluding hydrogens is 384 g/mol. The van der Waals surface area contributed by atoms with Gasteiger partial charge in [-0.3, -0.25) is 9.78 Å². The molecule has 3 heterocycles. The highest BCUT2D eigenvalue weighted by molar-refractivity contribution is 5.93. The van der Waals surface area contributed by atoms with Gasteiger partial charge < -0.3 is 10.3 Å².